The number of nitro groups is 1. The lowest BCUT2D eigenvalue weighted by molar-refractivity contribution is -0.389. The second kappa shape index (κ2) is 5.30. The van der Waals surface area contributed by atoms with Crippen molar-refractivity contribution < 1.29 is 4.92 Å². The third-order valence-corrected chi connectivity index (χ3v) is 3.86. The monoisotopic (exact) mass is 288 g/mol. The number of pyridine rings is 1. The summed E-state index contributed by atoms with van der Waals surface area (Å²) in [6, 6.07) is 9.34. The van der Waals surface area contributed by atoms with Gasteiger partial charge in [-0.2, -0.15) is 9.38 Å². The van der Waals surface area contributed by atoms with Crippen LogP contribution in [0.4, 0.5) is 11.6 Å². The fourth-order valence-corrected chi connectivity index (χ4v) is 2.74. The molecular weight excluding hydrogens is 276 g/mol. The molecule has 3 aromatic heterocycles. The number of rotatable bonds is 5. The van der Waals surface area contributed by atoms with Crippen molar-refractivity contribution in [2.45, 2.75) is 6.42 Å². The first-order chi connectivity index (χ1) is 9.75. The molecule has 0 saturated heterocycles. The molecule has 0 spiro atoms. The highest BCUT2D eigenvalue weighted by Gasteiger charge is 2.21. The molecular formula is C13H12N4O2S. The van der Waals surface area contributed by atoms with E-state index in [1.807, 2.05) is 23.6 Å². The Labute approximate surface area is 118 Å². The van der Waals surface area contributed by atoms with Gasteiger partial charge in [0.05, 0.1) is 6.20 Å². The summed E-state index contributed by atoms with van der Waals surface area (Å²) in [5.41, 5.74) is 0.567. The first-order valence-electron chi connectivity index (χ1n) is 6.13. The van der Waals surface area contributed by atoms with E-state index in [4.69, 9.17) is 0 Å². The van der Waals surface area contributed by atoms with E-state index in [-0.39, 0.29) is 5.82 Å². The highest BCUT2D eigenvalue weighted by molar-refractivity contribution is 7.09. The van der Waals surface area contributed by atoms with E-state index in [2.05, 4.69) is 10.3 Å². The van der Waals surface area contributed by atoms with Gasteiger partial charge in [0.15, 0.2) is 0 Å². The first-order valence-corrected chi connectivity index (χ1v) is 7.01. The lowest BCUT2D eigenvalue weighted by Gasteiger charge is -2.01. The number of fused-ring (bicyclic) bond motifs is 1. The van der Waals surface area contributed by atoms with Gasteiger partial charge in [-0.3, -0.25) is 0 Å². The lowest BCUT2D eigenvalue weighted by atomic mass is 10.3. The molecule has 0 radical (unpaired) electrons. The number of hydrogen-bond donors (Lipinski definition) is 1. The quantitative estimate of drug-likeness (QED) is 0.578. The lowest BCUT2D eigenvalue weighted by Crippen LogP contribution is -2.06. The Morgan fingerprint density at radius 3 is 3.00 bits per heavy atom. The van der Waals surface area contributed by atoms with Crippen LogP contribution in [0.1, 0.15) is 4.88 Å². The summed E-state index contributed by atoms with van der Waals surface area (Å²) in [5.74, 6) is 0.296. The number of imidazole rings is 1. The van der Waals surface area contributed by atoms with E-state index in [0.717, 1.165) is 6.42 Å². The standard InChI is InChI=1S/C13H12N4O2S/c18-17(19)13-12(14-7-6-10-4-3-9-20-10)15-11-5-1-2-8-16(11)13/h1-5,8-9,14H,6-7H2. The van der Waals surface area contributed by atoms with Crippen molar-refractivity contribution in [2.75, 3.05) is 11.9 Å². The maximum absolute atomic E-state index is 11.2. The Kier molecular flexibility index (Phi) is 3.34. The minimum atomic E-state index is -0.409. The summed E-state index contributed by atoms with van der Waals surface area (Å²) in [4.78, 5) is 16.3. The van der Waals surface area contributed by atoms with Gasteiger partial charge in [-0.05, 0) is 28.9 Å². The van der Waals surface area contributed by atoms with Crippen LogP contribution in [0.3, 0.4) is 0 Å². The molecule has 3 rings (SSSR count). The summed E-state index contributed by atoms with van der Waals surface area (Å²) in [6.07, 6.45) is 2.47. The molecule has 3 heterocycles. The van der Waals surface area contributed by atoms with Crippen LogP contribution >= 0.6 is 11.3 Å². The maximum atomic E-state index is 11.2. The van der Waals surface area contributed by atoms with Gasteiger partial charge in [0.2, 0.25) is 11.5 Å². The van der Waals surface area contributed by atoms with Crippen LogP contribution in [0, 0.1) is 10.1 Å². The minimum Gasteiger partial charge on any atom is -0.363 e. The van der Waals surface area contributed by atoms with E-state index in [1.165, 1.54) is 9.28 Å². The fourth-order valence-electron chi connectivity index (χ4n) is 2.03. The summed E-state index contributed by atoms with van der Waals surface area (Å²) in [5, 5.41) is 16.3. The minimum absolute atomic E-state index is 0.0215. The average Bonchev–Trinajstić information content (AvgIpc) is 3.05. The van der Waals surface area contributed by atoms with E-state index in [9.17, 15) is 10.1 Å². The zero-order chi connectivity index (χ0) is 13.9. The molecule has 0 aliphatic carbocycles. The largest absolute Gasteiger partial charge is 0.372 e. The normalized spacial score (nSPS) is 10.8. The molecule has 3 aromatic rings. The van der Waals surface area contributed by atoms with Crippen LogP contribution in [0.15, 0.2) is 41.9 Å². The third kappa shape index (κ3) is 2.35. The van der Waals surface area contributed by atoms with Gasteiger partial charge in [0, 0.05) is 17.5 Å². The van der Waals surface area contributed by atoms with Gasteiger partial charge < -0.3 is 15.4 Å². The topological polar surface area (TPSA) is 72.5 Å². The highest BCUT2D eigenvalue weighted by Crippen LogP contribution is 2.25. The zero-order valence-electron chi connectivity index (χ0n) is 10.5. The Morgan fingerprint density at radius 2 is 2.25 bits per heavy atom. The molecule has 0 aliphatic rings. The van der Waals surface area contributed by atoms with Crippen molar-refractivity contribution >= 4 is 28.6 Å². The number of hydrogen-bond acceptors (Lipinski definition) is 5. The molecule has 102 valence electrons. The Balaban J connectivity index is 1.83. The first kappa shape index (κ1) is 12.6. The highest BCUT2D eigenvalue weighted by atomic mass is 32.1. The Bertz CT molecular complexity index is 736. The van der Waals surface area contributed by atoms with Crippen LogP contribution in [-0.2, 0) is 6.42 Å². The van der Waals surface area contributed by atoms with Gasteiger partial charge in [0.25, 0.3) is 0 Å². The molecule has 0 aromatic carbocycles. The van der Waals surface area contributed by atoms with Crippen molar-refractivity contribution in [3.05, 3.63) is 56.9 Å². The molecule has 20 heavy (non-hydrogen) atoms. The van der Waals surface area contributed by atoms with Gasteiger partial charge in [-0.25, -0.2) is 0 Å². The molecule has 1 N–H and O–H groups in total. The molecule has 7 heteroatoms. The van der Waals surface area contributed by atoms with E-state index in [1.54, 1.807) is 29.7 Å². The van der Waals surface area contributed by atoms with Crippen molar-refractivity contribution in [3.63, 3.8) is 0 Å². The summed E-state index contributed by atoms with van der Waals surface area (Å²) >= 11 is 1.67. The summed E-state index contributed by atoms with van der Waals surface area (Å²) < 4.78 is 1.48. The zero-order valence-corrected chi connectivity index (χ0v) is 11.3. The van der Waals surface area contributed by atoms with Crippen LogP contribution in [0.25, 0.3) is 5.65 Å². The summed E-state index contributed by atoms with van der Waals surface area (Å²) in [7, 11) is 0. The average molecular weight is 288 g/mol. The van der Waals surface area contributed by atoms with Crippen molar-refractivity contribution in [3.8, 4) is 0 Å². The smallest absolute Gasteiger partial charge is 0.363 e. The molecule has 0 amide bonds. The molecule has 0 bridgehead atoms. The van der Waals surface area contributed by atoms with Crippen molar-refractivity contribution in [2.24, 2.45) is 0 Å². The van der Waals surface area contributed by atoms with E-state index in [0.29, 0.717) is 18.0 Å². The van der Waals surface area contributed by atoms with Crippen LogP contribution in [-0.4, -0.2) is 20.9 Å². The van der Waals surface area contributed by atoms with Crippen molar-refractivity contribution in [1.82, 2.24) is 9.38 Å². The van der Waals surface area contributed by atoms with Gasteiger partial charge in [-0.1, -0.05) is 12.1 Å². The second-order valence-electron chi connectivity index (χ2n) is 4.23. The molecule has 0 atom stereocenters. The van der Waals surface area contributed by atoms with E-state index >= 15 is 0 Å². The molecule has 0 unspecified atom stereocenters. The number of anilines is 1. The Morgan fingerprint density at radius 1 is 1.35 bits per heavy atom. The number of nitrogens with zero attached hydrogens (tertiary/aromatic N) is 3. The van der Waals surface area contributed by atoms with Crippen molar-refractivity contribution in [1.29, 1.82) is 0 Å². The van der Waals surface area contributed by atoms with Gasteiger partial charge in [0.1, 0.15) is 0 Å². The van der Waals surface area contributed by atoms with Crippen LogP contribution < -0.4 is 5.32 Å². The summed E-state index contributed by atoms with van der Waals surface area (Å²) in [6.45, 7) is 0.616. The molecule has 0 aliphatic heterocycles. The Hall–Kier alpha value is -2.41. The maximum Gasteiger partial charge on any atom is 0.372 e. The number of nitrogens with one attached hydrogen (secondary N) is 1. The van der Waals surface area contributed by atoms with Gasteiger partial charge in [-0.15, -0.1) is 11.3 Å². The predicted octanol–water partition coefficient (Wildman–Crippen LogP) is 2.96. The third-order valence-electron chi connectivity index (χ3n) is 2.92. The fraction of sp³-hybridized carbons (Fsp3) is 0.154. The predicted molar refractivity (Wildman–Crippen MR) is 78.4 cm³/mol. The van der Waals surface area contributed by atoms with Crippen LogP contribution in [0.5, 0.6) is 0 Å². The number of thiophene rings is 1. The molecule has 6 nitrogen and oxygen atoms in total. The van der Waals surface area contributed by atoms with E-state index < -0.39 is 4.92 Å². The van der Waals surface area contributed by atoms with Crippen LogP contribution in [0.2, 0.25) is 0 Å². The SMILES string of the molecule is O=[N+]([O-])c1c(NCCc2cccs2)nc2ccccn12. The molecule has 0 fully saturated rings. The number of aromatic nitrogens is 2. The van der Waals surface area contributed by atoms with Gasteiger partial charge >= 0.3 is 5.82 Å². The molecule has 0 saturated carbocycles. The second-order valence-corrected chi connectivity index (χ2v) is 5.26.